The molecule has 0 amide bonds. The third kappa shape index (κ3) is 4.45. The summed E-state index contributed by atoms with van der Waals surface area (Å²) in [4.78, 5) is 0.685. The van der Waals surface area contributed by atoms with Crippen molar-refractivity contribution in [1.82, 2.24) is 4.57 Å². The van der Waals surface area contributed by atoms with Gasteiger partial charge in [-0.15, -0.1) is 16.4 Å². The number of ether oxygens (including phenoxy) is 2. The molecule has 8 heteroatoms. The average Bonchev–Trinajstić information content (AvgIpc) is 3.37. The minimum Gasteiger partial charge on any atom is -0.493 e. The maximum absolute atomic E-state index is 10.8. The molecule has 0 unspecified atom stereocenters. The van der Waals surface area contributed by atoms with Crippen LogP contribution in [0.4, 0.5) is 0 Å². The Labute approximate surface area is 189 Å². The second-order valence-electron chi connectivity index (χ2n) is 6.81. The molecule has 6 nitrogen and oxygen atoms in total. The smallest absolute Gasteiger partial charge is 0.210 e. The van der Waals surface area contributed by atoms with Crippen LogP contribution in [0.1, 0.15) is 16.0 Å². The molecule has 1 aromatic heterocycles. The first-order valence-electron chi connectivity index (χ1n) is 9.62. The molecule has 0 radical (unpaired) electrons. The second kappa shape index (κ2) is 9.28. The minimum atomic E-state index is 0.149. The standard InChI is InChI=1S/C23H21N3O3S2/c1-28-18-9-8-15(12-19(18)29-2)10-11-26-22(27)20(31-23(26)30)13-17-14-24-25-21(17)16-6-4-3-5-7-16/h3-9,12-14,27H,10-11H2,1-2H3/b17-13+. The molecule has 0 saturated heterocycles. The van der Waals surface area contributed by atoms with Crippen molar-refractivity contribution < 1.29 is 14.6 Å². The quantitative estimate of drug-likeness (QED) is 0.507. The van der Waals surface area contributed by atoms with Gasteiger partial charge in [0.15, 0.2) is 15.5 Å². The maximum Gasteiger partial charge on any atom is 0.210 e. The van der Waals surface area contributed by atoms with Crippen LogP contribution in [0.5, 0.6) is 17.4 Å². The molecule has 158 valence electrons. The SMILES string of the molecule is COc1ccc(CCn2c(O)c(/C=C3\C=NN=C3c3ccccc3)sc2=S)cc1OC. The lowest BCUT2D eigenvalue weighted by molar-refractivity contribution is 0.354. The molecule has 0 aliphatic carbocycles. The van der Waals surface area contributed by atoms with Gasteiger partial charge in [-0.05, 0) is 42.4 Å². The molecule has 2 heterocycles. The largest absolute Gasteiger partial charge is 0.493 e. The van der Waals surface area contributed by atoms with Crippen LogP contribution in [0.25, 0.3) is 6.08 Å². The van der Waals surface area contributed by atoms with Crippen molar-refractivity contribution >= 4 is 41.6 Å². The van der Waals surface area contributed by atoms with Crippen LogP contribution in [-0.2, 0) is 13.0 Å². The predicted molar refractivity (Wildman–Crippen MR) is 128 cm³/mol. The van der Waals surface area contributed by atoms with Crippen LogP contribution in [0, 0.1) is 3.95 Å². The van der Waals surface area contributed by atoms with Crippen LogP contribution in [0.2, 0.25) is 0 Å². The number of hydrogen-bond acceptors (Lipinski definition) is 7. The summed E-state index contributed by atoms with van der Waals surface area (Å²) in [5.74, 6) is 1.51. The number of aryl methyl sites for hydroxylation is 1. The Balaban J connectivity index is 1.56. The fourth-order valence-electron chi connectivity index (χ4n) is 3.32. The molecule has 0 saturated carbocycles. The van der Waals surface area contributed by atoms with Crippen molar-refractivity contribution in [1.29, 1.82) is 0 Å². The first-order chi connectivity index (χ1) is 15.1. The number of nitrogens with zero attached hydrogens (tertiary/aromatic N) is 3. The van der Waals surface area contributed by atoms with E-state index in [-0.39, 0.29) is 5.88 Å². The van der Waals surface area contributed by atoms with Crippen LogP contribution in [-0.4, -0.2) is 35.8 Å². The van der Waals surface area contributed by atoms with Crippen LogP contribution in [0.15, 0.2) is 64.3 Å². The fraction of sp³-hybridized carbons (Fsp3) is 0.174. The van der Waals surface area contributed by atoms with Gasteiger partial charge in [0, 0.05) is 17.7 Å². The molecule has 4 rings (SSSR count). The topological polar surface area (TPSA) is 68.3 Å². The van der Waals surface area contributed by atoms with E-state index >= 15 is 0 Å². The van der Waals surface area contributed by atoms with Gasteiger partial charge in [0.1, 0.15) is 5.71 Å². The third-order valence-corrected chi connectivity index (χ3v) is 6.31. The minimum absolute atomic E-state index is 0.149. The Bertz CT molecular complexity index is 1240. The highest BCUT2D eigenvalue weighted by Crippen LogP contribution is 2.31. The fourth-order valence-corrected chi connectivity index (χ4v) is 4.63. The molecular weight excluding hydrogens is 430 g/mol. The van der Waals surface area contributed by atoms with Crippen molar-refractivity contribution in [2.45, 2.75) is 13.0 Å². The summed E-state index contributed by atoms with van der Waals surface area (Å²) in [5, 5.41) is 19.1. The summed E-state index contributed by atoms with van der Waals surface area (Å²) < 4.78 is 13.0. The molecule has 1 aliphatic heterocycles. The summed E-state index contributed by atoms with van der Waals surface area (Å²) >= 11 is 6.88. The van der Waals surface area contributed by atoms with E-state index in [9.17, 15) is 5.11 Å². The van der Waals surface area contributed by atoms with Crippen molar-refractivity contribution in [3.05, 3.63) is 74.1 Å². The van der Waals surface area contributed by atoms with E-state index in [1.165, 1.54) is 11.3 Å². The highest BCUT2D eigenvalue weighted by atomic mass is 32.1. The molecule has 0 atom stereocenters. The maximum atomic E-state index is 10.8. The monoisotopic (exact) mass is 451 g/mol. The zero-order valence-electron chi connectivity index (χ0n) is 17.1. The number of aromatic nitrogens is 1. The van der Waals surface area contributed by atoms with Crippen molar-refractivity contribution in [3.63, 3.8) is 0 Å². The number of benzene rings is 2. The Morgan fingerprint density at radius 2 is 1.87 bits per heavy atom. The van der Waals surface area contributed by atoms with Crippen molar-refractivity contribution in [2.75, 3.05) is 14.2 Å². The van der Waals surface area contributed by atoms with Crippen molar-refractivity contribution in [3.8, 4) is 17.4 Å². The zero-order chi connectivity index (χ0) is 21.8. The summed E-state index contributed by atoms with van der Waals surface area (Å²) in [7, 11) is 3.22. The summed E-state index contributed by atoms with van der Waals surface area (Å²) in [6.45, 7) is 0.549. The Kier molecular flexibility index (Phi) is 6.29. The molecule has 1 aliphatic rings. The van der Waals surface area contributed by atoms with E-state index in [4.69, 9.17) is 21.7 Å². The lowest BCUT2D eigenvalue weighted by Crippen LogP contribution is -2.02. The average molecular weight is 452 g/mol. The Morgan fingerprint density at radius 3 is 2.61 bits per heavy atom. The van der Waals surface area contributed by atoms with Crippen LogP contribution >= 0.6 is 23.6 Å². The van der Waals surface area contributed by atoms with Gasteiger partial charge in [0.2, 0.25) is 5.88 Å². The zero-order valence-corrected chi connectivity index (χ0v) is 18.7. The lowest BCUT2D eigenvalue weighted by atomic mass is 10.0. The van der Waals surface area contributed by atoms with Gasteiger partial charge in [-0.25, -0.2) is 0 Å². The van der Waals surface area contributed by atoms with Gasteiger partial charge in [0.25, 0.3) is 0 Å². The first kappa shape index (κ1) is 21.0. The normalized spacial score (nSPS) is 14.1. The van der Waals surface area contributed by atoms with E-state index in [1.54, 1.807) is 25.0 Å². The highest BCUT2D eigenvalue weighted by molar-refractivity contribution is 7.73. The van der Waals surface area contributed by atoms with E-state index in [0.717, 1.165) is 22.4 Å². The number of allylic oxidation sites excluding steroid dienone is 1. The van der Waals surface area contributed by atoms with E-state index < -0.39 is 0 Å². The van der Waals surface area contributed by atoms with Gasteiger partial charge in [-0.1, -0.05) is 36.4 Å². The summed E-state index contributed by atoms with van der Waals surface area (Å²) in [6.07, 6.45) is 4.26. The molecule has 2 aromatic carbocycles. The summed E-state index contributed by atoms with van der Waals surface area (Å²) in [5.41, 5.74) is 3.65. The lowest BCUT2D eigenvalue weighted by Gasteiger charge is -2.10. The van der Waals surface area contributed by atoms with Crippen LogP contribution in [0.3, 0.4) is 0 Å². The highest BCUT2D eigenvalue weighted by Gasteiger charge is 2.16. The van der Waals surface area contributed by atoms with E-state index in [2.05, 4.69) is 10.2 Å². The molecule has 0 fully saturated rings. The first-order valence-corrected chi connectivity index (χ1v) is 10.8. The van der Waals surface area contributed by atoms with Gasteiger partial charge < -0.3 is 14.6 Å². The second-order valence-corrected chi connectivity index (χ2v) is 8.48. The van der Waals surface area contributed by atoms with Crippen LogP contribution < -0.4 is 9.47 Å². The van der Waals surface area contributed by atoms with Gasteiger partial charge in [-0.3, -0.25) is 4.57 Å². The number of methoxy groups -OCH3 is 2. The number of hydrogen-bond donors (Lipinski definition) is 1. The predicted octanol–water partition coefficient (Wildman–Crippen LogP) is 5.12. The molecule has 31 heavy (non-hydrogen) atoms. The summed E-state index contributed by atoms with van der Waals surface area (Å²) in [6, 6.07) is 15.6. The van der Waals surface area contributed by atoms with Gasteiger partial charge in [-0.2, -0.15) is 5.10 Å². The number of aromatic hydroxyl groups is 1. The number of rotatable bonds is 7. The Morgan fingerprint density at radius 1 is 1.10 bits per heavy atom. The third-order valence-electron chi connectivity index (χ3n) is 4.93. The molecular formula is C23H21N3O3S2. The van der Waals surface area contributed by atoms with Gasteiger partial charge in [0.05, 0.1) is 25.3 Å². The molecule has 0 bridgehead atoms. The van der Waals surface area contributed by atoms with Gasteiger partial charge >= 0.3 is 0 Å². The Hall–Kier alpha value is -3.23. The molecule has 3 aromatic rings. The van der Waals surface area contributed by atoms with E-state index in [1.807, 2.05) is 54.6 Å². The molecule has 1 N–H and O–H groups in total. The number of thiazole rings is 1. The van der Waals surface area contributed by atoms with E-state index in [0.29, 0.717) is 33.3 Å². The molecule has 0 spiro atoms. The van der Waals surface area contributed by atoms with Crippen molar-refractivity contribution in [2.24, 2.45) is 10.2 Å².